The first-order valence-corrected chi connectivity index (χ1v) is 6.99. The monoisotopic (exact) mass is 264 g/mol. The van der Waals surface area contributed by atoms with Crippen molar-refractivity contribution in [3.8, 4) is 0 Å². The summed E-state index contributed by atoms with van der Waals surface area (Å²) in [7, 11) is 0. The van der Waals surface area contributed by atoms with E-state index in [1.807, 2.05) is 0 Å². The second kappa shape index (κ2) is 5.04. The molecular formula is C18H20N2. The van der Waals surface area contributed by atoms with Gasteiger partial charge in [-0.05, 0) is 44.0 Å². The molecule has 0 bridgehead atoms. The predicted octanol–water partition coefficient (Wildman–Crippen LogP) is 4.37. The van der Waals surface area contributed by atoms with Gasteiger partial charge >= 0.3 is 0 Å². The summed E-state index contributed by atoms with van der Waals surface area (Å²) in [6.07, 6.45) is 4.31. The van der Waals surface area contributed by atoms with Crippen LogP contribution in [-0.2, 0) is 0 Å². The molecule has 2 nitrogen and oxygen atoms in total. The Bertz CT molecular complexity index is 621. The molecule has 0 saturated heterocycles. The van der Waals surface area contributed by atoms with Crippen LogP contribution in [0.5, 0.6) is 0 Å². The summed E-state index contributed by atoms with van der Waals surface area (Å²) < 4.78 is 0. The minimum Gasteiger partial charge on any atom is -0.328 e. The summed E-state index contributed by atoms with van der Waals surface area (Å²) >= 11 is 0. The van der Waals surface area contributed by atoms with Crippen LogP contribution in [-0.4, -0.2) is 6.67 Å². The van der Waals surface area contributed by atoms with Gasteiger partial charge in [0, 0.05) is 23.8 Å². The van der Waals surface area contributed by atoms with Crippen molar-refractivity contribution in [2.75, 3.05) is 16.5 Å². The van der Waals surface area contributed by atoms with Crippen LogP contribution in [0, 0.1) is 20.8 Å². The second-order valence-corrected chi connectivity index (χ2v) is 5.46. The fourth-order valence-electron chi connectivity index (χ4n) is 2.98. The van der Waals surface area contributed by atoms with Crippen LogP contribution in [0.15, 0.2) is 54.9 Å². The fourth-order valence-corrected chi connectivity index (χ4v) is 2.98. The van der Waals surface area contributed by atoms with Crippen molar-refractivity contribution < 1.29 is 0 Å². The Morgan fingerprint density at radius 3 is 2.05 bits per heavy atom. The Labute approximate surface area is 121 Å². The van der Waals surface area contributed by atoms with Crippen LogP contribution in [0.2, 0.25) is 0 Å². The van der Waals surface area contributed by atoms with E-state index in [-0.39, 0.29) is 0 Å². The van der Waals surface area contributed by atoms with E-state index in [0.717, 1.165) is 6.67 Å². The van der Waals surface area contributed by atoms with Crippen LogP contribution in [0.1, 0.15) is 16.7 Å². The summed E-state index contributed by atoms with van der Waals surface area (Å²) in [6.45, 7) is 7.40. The van der Waals surface area contributed by atoms with Crippen LogP contribution >= 0.6 is 0 Å². The van der Waals surface area contributed by atoms with Gasteiger partial charge in [-0.25, -0.2) is 0 Å². The highest BCUT2D eigenvalue weighted by molar-refractivity contribution is 5.65. The molecule has 0 amide bonds. The Morgan fingerprint density at radius 1 is 0.800 bits per heavy atom. The fraction of sp³-hybridized carbons (Fsp3) is 0.222. The van der Waals surface area contributed by atoms with Crippen molar-refractivity contribution in [3.63, 3.8) is 0 Å². The molecule has 3 rings (SSSR count). The quantitative estimate of drug-likeness (QED) is 0.795. The van der Waals surface area contributed by atoms with Gasteiger partial charge in [-0.15, -0.1) is 0 Å². The molecule has 0 N–H and O–H groups in total. The summed E-state index contributed by atoms with van der Waals surface area (Å²) in [5.41, 5.74) is 6.55. The molecule has 1 aliphatic heterocycles. The number of aryl methyl sites for hydroxylation is 3. The zero-order valence-electron chi connectivity index (χ0n) is 12.3. The average molecular weight is 264 g/mol. The summed E-state index contributed by atoms with van der Waals surface area (Å²) in [5, 5.41) is 0. The molecule has 0 spiro atoms. The standard InChI is InChI=1S/C18H20N2/c1-14-11-15(2)18(16(3)12-14)20-10-9-19(13-20)17-7-5-4-6-8-17/h4-12H,13H2,1-3H3. The number of nitrogens with zero attached hydrogens (tertiary/aromatic N) is 2. The van der Waals surface area contributed by atoms with E-state index in [4.69, 9.17) is 0 Å². The van der Waals surface area contributed by atoms with Gasteiger partial charge < -0.3 is 9.80 Å². The third-order valence-corrected chi connectivity index (χ3v) is 3.74. The third kappa shape index (κ3) is 2.29. The Hall–Kier alpha value is -2.22. The molecule has 1 aliphatic rings. The van der Waals surface area contributed by atoms with Crippen molar-refractivity contribution in [3.05, 3.63) is 71.6 Å². The summed E-state index contributed by atoms with van der Waals surface area (Å²) in [5.74, 6) is 0. The molecule has 2 heteroatoms. The molecule has 0 fully saturated rings. The molecule has 2 aromatic rings. The van der Waals surface area contributed by atoms with Gasteiger partial charge in [0.1, 0.15) is 0 Å². The zero-order chi connectivity index (χ0) is 14.1. The van der Waals surface area contributed by atoms with Gasteiger partial charge in [-0.1, -0.05) is 35.9 Å². The highest BCUT2D eigenvalue weighted by Crippen LogP contribution is 2.30. The molecule has 0 aromatic heterocycles. The maximum absolute atomic E-state index is 2.32. The largest absolute Gasteiger partial charge is 0.328 e. The van der Waals surface area contributed by atoms with Crippen LogP contribution in [0.25, 0.3) is 0 Å². The number of para-hydroxylation sites is 1. The first-order chi connectivity index (χ1) is 9.65. The van der Waals surface area contributed by atoms with E-state index >= 15 is 0 Å². The van der Waals surface area contributed by atoms with Gasteiger partial charge in [0.2, 0.25) is 0 Å². The van der Waals surface area contributed by atoms with Crippen molar-refractivity contribution in [2.24, 2.45) is 0 Å². The first-order valence-electron chi connectivity index (χ1n) is 6.99. The highest BCUT2D eigenvalue weighted by atomic mass is 15.3. The second-order valence-electron chi connectivity index (χ2n) is 5.46. The number of hydrogen-bond acceptors (Lipinski definition) is 2. The molecule has 20 heavy (non-hydrogen) atoms. The molecular weight excluding hydrogens is 244 g/mol. The van der Waals surface area contributed by atoms with Crippen LogP contribution in [0.4, 0.5) is 11.4 Å². The molecule has 0 aliphatic carbocycles. The third-order valence-electron chi connectivity index (χ3n) is 3.74. The topological polar surface area (TPSA) is 6.48 Å². The lowest BCUT2D eigenvalue weighted by atomic mass is 10.0. The van der Waals surface area contributed by atoms with Gasteiger partial charge in [0.05, 0.1) is 6.67 Å². The predicted molar refractivity (Wildman–Crippen MR) is 86.1 cm³/mol. The maximum Gasteiger partial charge on any atom is 0.0989 e. The minimum atomic E-state index is 0.870. The van der Waals surface area contributed by atoms with Crippen molar-refractivity contribution in [1.82, 2.24) is 0 Å². The minimum absolute atomic E-state index is 0.870. The van der Waals surface area contributed by atoms with Gasteiger partial charge in [0.15, 0.2) is 0 Å². The van der Waals surface area contributed by atoms with Gasteiger partial charge in [-0.2, -0.15) is 0 Å². The Kier molecular flexibility index (Phi) is 3.23. The Balaban J connectivity index is 1.87. The van der Waals surface area contributed by atoms with Gasteiger partial charge in [0.25, 0.3) is 0 Å². The lowest BCUT2D eigenvalue weighted by molar-refractivity contribution is 0.964. The van der Waals surface area contributed by atoms with E-state index in [2.05, 4.69) is 85.4 Å². The maximum atomic E-state index is 2.32. The lowest BCUT2D eigenvalue weighted by Gasteiger charge is -2.24. The van der Waals surface area contributed by atoms with Crippen molar-refractivity contribution >= 4 is 11.4 Å². The normalized spacial score (nSPS) is 14.2. The SMILES string of the molecule is Cc1cc(C)c(N2C=CN(c3ccccc3)C2)c(C)c1. The van der Waals surface area contributed by atoms with E-state index in [1.54, 1.807) is 0 Å². The zero-order valence-corrected chi connectivity index (χ0v) is 12.3. The number of rotatable bonds is 2. The highest BCUT2D eigenvalue weighted by Gasteiger charge is 2.18. The molecule has 0 radical (unpaired) electrons. The lowest BCUT2D eigenvalue weighted by Crippen LogP contribution is -2.25. The van der Waals surface area contributed by atoms with Crippen LogP contribution in [0.3, 0.4) is 0 Å². The number of benzene rings is 2. The van der Waals surface area contributed by atoms with E-state index in [0.29, 0.717) is 0 Å². The van der Waals surface area contributed by atoms with Gasteiger partial charge in [-0.3, -0.25) is 0 Å². The smallest absolute Gasteiger partial charge is 0.0989 e. The Morgan fingerprint density at radius 2 is 1.40 bits per heavy atom. The molecule has 0 saturated carbocycles. The average Bonchev–Trinajstić information content (AvgIpc) is 2.88. The first kappa shape index (κ1) is 12.8. The molecule has 102 valence electrons. The van der Waals surface area contributed by atoms with Crippen molar-refractivity contribution in [2.45, 2.75) is 20.8 Å². The summed E-state index contributed by atoms with van der Waals surface area (Å²) in [4.78, 5) is 4.58. The van der Waals surface area contributed by atoms with Crippen molar-refractivity contribution in [1.29, 1.82) is 0 Å². The van der Waals surface area contributed by atoms with E-state index < -0.39 is 0 Å². The number of hydrogen-bond donors (Lipinski definition) is 0. The molecule has 0 unspecified atom stereocenters. The van der Waals surface area contributed by atoms with E-state index in [1.165, 1.54) is 28.1 Å². The van der Waals surface area contributed by atoms with Crippen LogP contribution < -0.4 is 9.80 Å². The molecule has 1 heterocycles. The molecule has 2 aromatic carbocycles. The summed E-state index contributed by atoms with van der Waals surface area (Å²) in [6, 6.07) is 15.0. The number of anilines is 2. The van der Waals surface area contributed by atoms with E-state index in [9.17, 15) is 0 Å². The molecule has 0 atom stereocenters.